The summed E-state index contributed by atoms with van der Waals surface area (Å²) in [6.45, 7) is 2.28. The van der Waals surface area contributed by atoms with Crippen LogP contribution in [0, 0.1) is 6.92 Å². The summed E-state index contributed by atoms with van der Waals surface area (Å²) in [6.07, 6.45) is 0. The summed E-state index contributed by atoms with van der Waals surface area (Å²) in [5.41, 5.74) is 1.55. The van der Waals surface area contributed by atoms with E-state index in [1.807, 2.05) is 55.5 Å². The number of carbonyl (C=O) groups excluding carboxylic acids is 1. The molecule has 3 aromatic rings. The van der Waals surface area contributed by atoms with Crippen LogP contribution in [0.25, 0.3) is 10.8 Å². The molecule has 122 valence electrons. The molecule has 5 nitrogen and oxygen atoms in total. The highest BCUT2D eigenvalue weighted by molar-refractivity contribution is 5.83. The molecule has 0 saturated heterocycles. The molecule has 0 atom stereocenters. The molecule has 0 saturated carbocycles. The van der Waals surface area contributed by atoms with Crippen LogP contribution in [0.2, 0.25) is 0 Å². The second-order valence-corrected chi connectivity index (χ2v) is 5.83. The van der Waals surface area contributed by atoms with Crippen molar-refractivity contribution in [1.29, 1.82) is 0 Å². The van der Waals surface area contributed by atoms with E-state index in [0.29, 0.717) is 11.9 Å². The molecule has 0 fully saturated rings. The first kappa shape index (κ1) is 15.9. The van der Waals surface area contributed by atoms with E-state index in [1.54, 1.807) is 18.0 Å². The van der Waals surface area contributed by atoms with E-state index in [0.717, 1.165) is 16.6 Å². The molecule has 0 aliphatic rings. The normalized spacial score (nSPS) is 10.8. The Morgan fingerprint density at radius 1 is 1.04 bits per heavy atom. The standard InChI is InChI=1S/C19H19N3O2/c1-14-16-10-6-7-11-17(16)19(24)22(20-14)13-18(23)21(2)12-15-8-4-3-5-9-15/h3-11H,12-13H2,1-2H3. The van der Waals surface area contributed by atoms with Crippen LogP contribution in [0.15, 0.2) is 59.4 Å². The number of carbonyl (C=O) groups is 1. The highest BCUT2D eigenvalue weighted by Crippen LogP contribution is 2.12. The Morgan fingerprint density at radius 3 is 2.38 bits per heavy atom. The summed E-state index contributed by atoms with van der Waals surface area (Å²) in [4.78, 5) is 26.6. The molecule has 1 heterocycles. The maximum atomic E-state index is 12.5. The number of likely N-dealkylation sites (N-methyl/N-ethyl adjacent to an activating group) is 1. The molecule has 3 rings (SSSR count). The second-order valence-electron chi connectivity index (χ2n) is 5.83. The van der Waals surface area contributed by atoms with Crippen LogP contribution >= 0.6 is 0 Å². The fraction of sp³-hybridized carbons (Fsp3) is 0.211. The fourth-order valence-corrected chi connectivity index (χ4v) is 2.71. The van der Waals surface area contributed by atoms with Gasteiger partial charge in [0, 0.05) is 19.0 Å². The Hall–Kier alpha value is -2.95. The van der Waals surface area contributed by atoms with Gasteiger partial charge in [-0.05, 0) is 18.6 Å². The van der Waals surface area contributed by atoms with Crippen LogP contribution in [-0.4, -0.2) is 27.6 Å². The van der Waals surface area contributed by atoms with Crippen LogP contribution in [0.4, 0.5) is 0 Å². The van der Waals surface area contributed by atoms with Crippen LogP contribution in [-0.2, 0) is 17.9 Å². The monoisotopic (exact) mass is 321 g/mol. The largest absolute Gasteiger partial charge is 0.340 e. The van der Waals surface area contributed by atoms with Gasteiger partial charge in [0.25, 0.3) is 5.56 Å². The Bertz CT molecular complexity index is 932. The fourth-order valence-electron chi connectivity index (χ4n) is 2.71. The van der Waals surface area contributed by atoms with Crippen molar-refractivity contribution in [3.05, 3.63) is 76.2 Å². The minimum atomic E-state index is -0.238. The van der Waals surface area contributed by atoms with E-state index in [9.17, 15) is 9.59 Å². The zero-order valence-corrected chi connectivity index (χ0v) is 13.8. The van der Waals surface area contributed by atoms with E-state index >= 15 is 0 Å². The molecular weight excluding hydrogens is 302 g/mol. The van der Waals surface area contributed by atoms with Crippen molar-refractivity contribution in [3.8, 4) is 0 Å². The smallest absolute Gasteiger partial charge is 0.275 e. The van der Waals surface area contributed by atoms with Crippen molar-refractivity contribution in [2.75, 3.05) is 7.05 Å². The summed E-state index contributed by atoms with van der Waals surface area (Å²) in [5.74, 6) is -0.150. The summed E-state index contributed by atoms with van der Waals surface area (Å²) in [7, 11) is 1.73. The van der Waals surface area contributed by atoms with Crippen LogP contribution in [0.3, 0.4) is 0 Å². The maximum absolute atomic E-state index is 12.5. The number of aromatic nitrogens is 2. The zero-order valence-electron chi connectivity index (χ0n) is 13.8. The molecule has 1 aromatic heterocycles. The van der Waals surface area contributed by atoms with Crippen molar-refractivity contribution in [2.24, 2.45) is 0 Å². The quantitative estimate of drug-likeness (QED) is 0.741. The molecule has 0 bridgehead atoms. The maximum Gasteiger partial charge on any atom is 0.275 e. The molecule has 2 aromatic carbocycles. The molecule has 0 spiro atoms. The first-order chi connectivity index (χ1) is 11.6. The lowest BCUT2D eigenvalue weighted by Gasteiger charge is -2.18. The second kappa shape index (κ2) is 6.66. The first-order valence-electron chi connectivity index (χ1n) is 7.80. The van der Waals surface area contributed by atoms with Crippen molar-refractivity contribution in [3.63, 3.8) is 0 Å². The number of hydrogen-bond donors (Lipinski definition) is 0. The van der Waals surface area contributed by atoms with E-state index in [4.69, 9.17) is 0 Å². The summed E-state index contributed by atoms with van der Waals surface area (Å²) < 4.78 is 1.25. The van der Waals surface area contributed by atoms with Crippen LogP contribution < -0.4 is 5.56 Å². The van der Waals surface area contributed by atoms with Gasteiger partial charge in [0.2, 0.25) is 5.91 Å². The van der Waals surface area contributed by atoms with Crippen molar-refractivity contribution in [2.45, 2.75) is 20.0 Å². The van der Waals surface area contributed by atoms with Crippen molar-refractivity contribution >= 4 is 16.7 Å². The third-order valence-corrected chi connectivity index (χ3v) is 4.03. The highest BCUT2D eigenvalue weighted by Gasteiger charge is 2.14. The predicted molar refractivity (Wildman–Crippen MR) is 93.7 cm³/mol. The van der Waals surface area contributed by atoms with Gasteiger partial charge in [0.15, 0.2) is 0 Å². The minimum Gasteiger partial charge on any atom is -0.340 e. The van der Waals surface area contributed by atoms with Gasteiger partial charge in [-0.25, -0.2) is 4.68 Å². The molecule has 0 radical (unpaired) electrons. The predicted octanol–water partition coefficient (Wildman–Crippen LogP) is 2.36. The van der Waals surface area contributed by atoms with Gasteiger partial charge in [-0.1, -0.05) is 48.5 Å². The van der Waals surface area contributed by atoms with E-state index in [2.05, 4.69) is 5.10 Å². The molecule has 1 amide bonds. The van der Waals surface area contributed by atoms with Crippen LogP contribution in [0.5, 0.6) is 0 Å². The number of aryl methyl sites for hydroxylation is 1. The third kappa shape index (κ3) is 3.20. The van der Waals surface area contributed by atoms with Gasteiger partial charge >= 0.3 is 0 Å². The average molecular weight is 321 g/mol. The topological polar surface area (TPSA) is 55.2 Å². The van der Waals surface area contributed by atoms with E-state index in [1.165, 1.54) is 4.68 Å². The Morgan fingerprint density at radius 2 is 1.67 bits per heavy atom. The van der Waals surface area contributed by atoms with Crippen molar-refractivity contribution in [1.82, 2.24) is 14.7 Å². The lowest BCUT2D eigenvalue weighted by molar-refractivity contribution is -0.131. The van der Waals surface area contributed by atoms with Gasteiger partial charge in [-0.15, -0.1) is 0 Å². The van der Waals surface area contributed by atoms with E-state index in [-0.39, 0.29) is 18.0 Å². The molecule has 24 heavy (non-hydrogen) atoms. The molecule has 5 heteroatoms. The lowest BCUT2D eigenvalue weighted by Crippen LogP contribution is -2.35. The third-order valence-electron chi connectivity index (χ3n) is 4.03. The van der Waals surface area contributed by atoms with Crippen molar-refractivity contribution < 1.29 is 4.79 Å². The molecule has 0 aliphatic heterocycles. The lowest BCUT2D eigenvalue weighted by atomic mass is 10.1. The molecule has 0 N–H and O–H groups in total. The number of amides is 1. The SMILES string of the molecule is Cc1nn(CC(=O)N(C)Cc2ccccc2)c(=O)c2ccccc12. The van der Waals surface area contributed by atoms with Gasteiger partial charge in [-0.2, -0.15) is 5.10 Å². The molecular formula is C19H19N3O2. The number of hydrogen-bond acceptors (Lipinski definition) is 3. The average Bonchev–Trinajstić information content (AvgIpc) is 2.60. The number of rotatable bonds is 4. The minimum absolute atomic E-state index is 0.0617. The Balaban J connectivity index is 1.83. The summed E-state index contributed by atoms with van der Waals surface area (Å²) in [5, 5.41) is 5.70. The first-order valence-corrected chi connectivity index (χ1v) is 7.80. The highest BCUT2D eigenvalue weighted by atomic mass is 16.2. The molecule has 0 aliphatic carbocycles. The van der Waals surface area contributed by atoms with Crippen LogP contribution in [0.1, 0.15) is 11.3 Å². The molecule has 0 unspecified atom stereocenters. The Kier molecular flexibility index (Phi) is 4.42. The number of nitrogens with zero attached hydrogens (tertiary/aromatic N) is 3. The Labute approximate surface area is 140 Å². The summed E-state index contributed by atoms with van der Waals surface area (Å²) in [6, 6.07) is 17.1. The zero-order chi connectivity index (χ0) is 17.1. The summed E-state index contributed by atoms with van der Waals surface area (Å²) >= 11 is 0. The van der Waals surface area contributed by atoms with Gasteiger partial charge < -0.3 is 4.90 Å². The number of benzene rings is 2. The number of fused-ring (bicyclic) bond motifs is 1. The van der Waals surface area contributed by atoms with E-state index < -0.39 is 0 Å². The van der Waals surface area contributed by atoms with Gasteiger partial charge in [-0.3, -0.25) is 9.59 Å². The van der Waals surface area contributed by atoms with Gasteiger partial charge in [0.1, 0.15) is 6.54 Å². The van der Waals surface area contributed by atoms with Gasteiger partial charge in [0.05, 0.1) is 11.1 Å².